The molecule has 16 heavy (non-hydrogen) atoms. The second-order valence-corrected chi connectivity index (χ2v) is 3.04. The quantitative estimate of drug-likeness (QED) is 0.260. The number of esters is 1. The average Bonchev–Trinajstić information content (AvgIpc) is 2.16. The zero-order valence-corrected chi connectivity index (χ0v) is 8.40. The predicted octanol–water partition coefficient (Wildman–Crippen LogP) is 2.22. The van der Waals surface area contributed by atoms with Crippen molar-refractivity contribution in [1.29, 1.82) is 0 Å². The van der Waals surface area contributed by atoms with Crippen molar-refractivity contribution >= 4 is 11.7 Å². The van der Waals surface area contributed by atoms with E-state index >= 15 is 0 Å². The van der Waals surface area contributed by atoms with Gasteiger partial charge in [0, 0.05) is 17.7 Å². The number of nitrogens with zero attached hydrogens (tertiary/aromatic N) is 1. The van der Waals surface area contributed by atoms with E-state index in [4.69, 9.17) is 0 Å². The van der Waals surface area contributed by atoms with Crippen molar-refractivity contribution < 1.29 is 18.8 Å². The van der Waals surface area contributed by atoms with Crippen LogP contribution in [0, 0.1) is 15.9 Å². The number of rotatable bonds is 3. The minimum atomic E-state index is -0.839. The van der Waals surface area contributed by atoms with Gasteiger partial charge in [0.25, 0.3) is 0 Å². The van der Waals surface area contributed by atoms with Gasteiger partial charge in [-0.05, 0) is 13.0 Å². The van der Waals surface area contributed by atoms with Crippen LogP contribution >= 0.6 is 0 Å². The first kappa shape index (κ1) is 11.8. The maximum atomic E-state index is 12.8. The lowest BCUT2D eigenvalue weighted by atomic mass is 10.3. The second-order valence-electron chi connectivity index (χ2n) is 3.04. The standard InChI is InChI=1S/C10H8FNO4/c1-6(2)10(13)16-9-5-7(11)3-4-8(9)12(14)15/h3-5H,1H2,2H3. The fraction of sp³-hybridized carbons (Fsp3) is 0.100. The topological polar surface area (TPSA) is 69.4 Å². The molecule has 0 amide bonds. The van der Waals surface area contributed by atoms with Crippen molar-refractivity contribution in [2.45, 2.75) is 6.92 Å². The molecule has 0 heterocycles. The predicted molar refractivity (Wildman–Crippen MR) is 53.5 cm³/mol. The minimum absolute atomic E-state index is 0.0681. The van der Waals surface area contributed by atoms with Gasteiger partial charge in [0.05, 0.1) is 4.92 Å². The smallest absolute Gasteiger partial charge is 0.338 e. The Balaban J connectivity index is 3.10. The Kier molecular flexibility index (Phi) is 3.34. The SMILES string of the molecule is C=C(C)C(=O)Oc1cc(F)ccc1[N+](=O)[O-]. The van der Waals surface area contributed by atoms with E-state index in [-0.39, 0.29) is 5.57 Å². The summed E-state index contributed by atoms with van der Waals surface area (Å²) in [4.78, 5) is 20.9. The Bertz CT molecular complexity index is 470. The lowest BCUT2D eigenvalue weighted by Gasteiger charge is -2.04. The molecule has 0 N–H and O–H groups in total. The minimum Gasteiger partial charge on any atom is -0.416 e. The zero-order chi connectivity index (χ0) is 12.3. The summed E-state index contributed by atoms with van der Waals surface area (Å²) < 4.78 is 17.5. The first-order valence-corrected chi connectivity index (χ1v) is 4.23. The van der Waals surface area contributed by atoms with Crippen molar-refractivity contribution in [3.8, 4) is 5.75 Å². The maximum Gasteiger partial charge on any atom is 0.338 e. The summed E-state index contributed by atoms with van der Waals surface area (Å²) >= 11 is 0. The summed E-state index contributed by atoms with van der Waals surface area (Å²) in [5.41, 5.74) is -0.408. The van der Waals surface area contributed by atoms with Crippen LogP contribution in [0.4, 0.5) is 10.1 Å². The van der Waals surface area contributed by atoms with Crippen LogP contribution < -0.4 is 4.74 Å². The molecule has 1 aromatic carbocycles. The number of nitro benzene ring substituents is 1. The zero-order valence-electron chi connectivity index (χ0n) is 8.40. The first-order chi connectivity index (χ1) is 7.41. The Morgan fingerprint density at radius 2 is 2.19 bits per heavy atom. The molecule has 84 valence electrons. The number of benzene rings is 1. The highest BCUT2D eigenvalue weighted by atomic mass is 19.1. The van der Waals surface area contributed by atoms with E-state index in [1.807, 2.05) is 0 Å². The third kappa shape index (κ3) is 2.63. The highest BCUT2D eigenvalue weighted by molar-refractivity contribution is 5.89. The molecule has 0 atom stereocenters. The molecule has 6 heteroatoms. The third-order valence-corrected chi connectivity index (χ3v) is 1.67. The maximum absolute atomic E-state index is 12.8. The number of halogens is 1. The molecule has 5 nitrogen and oxygen atoms in total. The molecule has 0 aliphatic heterocycles. The molecule has 0 saturated carbocycles. The van der Waals surface area contributed by atoms with Crippen LogP contribution in [-0.2, 0) is 4.79 Å². The van der Waals surface area contributed by atoms with E-state index in [1.54, 1.807) is 0 Å². The van der Waals surface area contributed by atoms with E-state index in [0.29, 0.717) is 0 Å². The first-order valence-electron chi connectivity index (χ1n) is 4.23. The number of nitro groups is 1. The molecule has 0 spiro atoms. The molecule has 0 fully saturated rings. The van der Waals surface area contributed by atoms with Crippen LogP contribution in [0.5, 0.6) is 5.75 Å². The van der Waals surface area contributed by atoms with E-state index in [9.17, 15) is 19.3 Å². The molecule has 0 bridgehead atoms. The molecule has 0 aromatic heterocycles. The monoisotopic (exact) mass is 225 g/mol. The van der Waals surface area contributed by atoms with Gasteiger partial charge in [0.2, 0.25) is 5.75 Å². The largest absolute Gasteiger partial charge is 0.416 e. The van der Waals surface area contributed by atoms with Gasteiger partial charge in [-0.3, -0.25) is 10.1 Å². The van der Waals surface area contributed by atoms with Crippen LogP contribution in [0.2, 0.25) is 0 Å². The van der Waals surface area contributed by atoms with Crippen LogP contribution in [0.3, 0.4) is 0 Å². The molecule has 1 rings (SSSR count). The summed E-state index contributed by atoms with van der Waals surface area (Å²) in [6.07, 6.45) is 0. The molecule has 0 aliphatic rings. The van der Waals surface area contributed by atoms with Crippen molar-refractivity contribution in [3.05, 3.63) is 46.3 Å². The van der Waals surface area contributed by atoms with Crippen molar-refractivity contribution in [1.82, 2.24) is 0 Å². The number of hydrogen-bond acceptors (Lipinski definition) is 4. The number of carbonyl (C=O) groups excluding carboxylic acids is 1. The van der Waals surface area contributed by atoms with E-state index in [0.717, 1.165) is 18.2 Å². The summed E-state index contributed by atoms with van der Waals surface area (Å²) in [6.45, 7) is 4.69. The van der Waals surface area contributed by atoms with Crippen molar-refractivity contribution in [2.24, 2.45) is 0 Å². The van der Waals surface area contributed by atoms with Crippen molar-refractivity contribution in [2.75, 3.05) is 0 Å². The van der Waals surface area contributed by atoms with Gasteiger partial charge in [0.15, 0.2) is 0 Å². The van der Waals surface area contributed by atoms with Crippen LogP contribution in [0.15, 0.2) is 30.4 Å². The highest BCUT2D eigenvalue weighted by Crippen LogP contribution is 2.27. The molecule has 0 aliphatic carbocycles. The fourth-order valence-corrected chi connectivity index (χ4v) is 0.908. The van der Waals surface area contributed by atoms with Gasteiger partial charge < -0.3 is 4.74 Å². The van der Waals surface area contributed by atoms with Crippen LogP contribution in [-0.4, -0.2) is 10.9 Å². The van der Waals surface area contributed by atoms with Gasteiger partial charge in [-0.1, -0.05) is 6.58 Å². The Labute approximate surface area is 90.3 Å². The molecule has 0 radical (unpaired) electrons. The second kappa shape index (κ2) is 4.52. The van der Waals surface area contributed by atoms with Crippen molar-refractivity contribution in [3.63, 3.8) is 0 Å². The fourth-order valence-electron chi connectivity index (χ4n) is 0.908. The summed E-state index contributed by atoms with van der Waals surface area (Å²) in [5, 5.41) is 10.6. The van der Waals surface area contributed by atoms with Gasteiger partial charge in [0.1, 0.15) is 5.82 Å². The van der Waals surface area contributed by atoms with Crippen LogP contribution in [0.1, 0.15) is 6.92 Å². The van der Waals surface area contributed by atoms with E-state index in [2.05, 4.69) is 11.3 Å². The Morgan fingerprint density at radius 1 is 1.56 bits per heavy atom. The van der Waals surface area contributed by atoms with Crippen LogP contribution in [0.25, 0.3) is 0 Å². The van der Waals surface area contributed by atoms with E-state index in [1.165, 1.54) is 6.92 Å². The lowest BCUT2D eigenvalue weighted by Crippen LogP contribution is -2.09. The molecule has 1 aromatic rings. The third-order valence-electron chi connectivity index (χ3n) is 1.67. The Morgan fingerprint density at radius 3 is 2.69 bits per heavy atom. The van der Waals surface area contributed by atoms with Gasteiger partial charge in [-0.25, -0.2) is 9.18 Å². The highest BCUT2D eigenvalue weighted by Gasteiger charge is 2.18. The lowest BCUT2D eigenvalue weighted by molar-refractivity contribution is -0.385. The summed E-state index contributed by atoms with van der Waals surface area (Å²) in [6, 6.07) is 2.62. The molecule has 0 unspecified atom stereocenters. The number of carbonyl (C=O) groups is 1. The van der Waals surface area contributed by atoms with Gasteiger partial charge in [-0.2, -0.15) is 0 Å². The normalized spacial score (nSPS) is 9.62. The number of ether oxygens (including phenoxy) is 1. The number of hydrogen-bond donors (Lipinski definition) is 0. The summed E-state index contributed by atoms with van der Waals surface area (Å²) in [7, 11) is 0. The molecule has 0 saturated heterocycles. The average molecular weight is 225 g/mol. The van der Waals surface area contributed by atoms with E-state index < -0.39 is 28.1 Å². The summed E-state index contributed by atoms with van der Waals surface area (Å²) in [5.74, 6) is -2.00. The van der Waals surface area contributed by atoms with Gasteiger partial charge in [-0.15, -0.1) is 0 Å². The Hall–Kier alpha value is -2.24. The molecular weight excluding hydrogens is 217 g/mol. The molecular formula is C10H8FNO4. The van der Waals surface area contributed by atoms with Gasteiger partial charge >= 0.3 is 11.7 Å².